The molecule has 0 bridgehead atoms. The van der Waals surface area contributed by atoms with E-state index in [1.165, 1.54) is 19.2 Å². The Hall–Kier alpha value is -2.83. The van der Waals surface area contributed by atoms with Crippen LogP contribution in [0.5, 0.6) is 0 Å². The molecule has 0 aromatic carbocycles. The summed E-state index contributed by atoms with van der Waals surface area (Å²) >= 11 is 0. The largest absolute Gasteiger partial charge is 0.466 e. The molecule has 0 atom stereocenters. The fourth-order valence-electron chi connectivity index (χ4n) is 1.83. The molecule has 0 radical (unpaired) electrons. The minimum Gasteiger partial charge on any atom is -0.466 e. The van der Waals surface area contributed by atoms with Crippen molar-refractivity contribution in [2.75, 3.05) is 0 Å². The molecule has 2 aromatic heterocycles. The van der Waals surface area contributed by atoms with Gasteiger partial charge in [0.25, 0.3) is 11.8 Å². The number of furan rings is 1. The molecule has 0 aliphatic carbocycles. The second kappa shape index (κ2) is 5.66. The zero-order chi connectivity index (χ0) is 15.6. The van der Waals surface area contributed by atoms with E-state index < -0.39 is 11.8 Å². The van der Waals surface area contributed by atoms with Gasteiger partial charge in [0.1, 0.15) is 17.2 Å². The van der Waals surface area contributed by atoms with Crippen LogP contribution in [0.2, 0.25) is 0 Å². The molecule has 2 rings (SSSR count). The van der Waals surface area contributed by atoms with E-state index in [1.54, 1.807) is 19.9 Å². The van der Waals surface area contributed by atoms with E-state index in [-0.39, 0.29) is 11.5 Å². The highest BCUT2D eigenvalue weighted by atomic mass is 16.3. The average molecular weight is 289 g/mol. The van der Waals surface area contributed by atoms with E-state index in [4.69, 9.17) is 4.42 Å². The SMILES string of the molecule is CC(=O)c1c[nH]c(C(=O)NNC(=O)c2cc(C)oc2C)c1. The molecular weight excluding hydrogens is 274 g/mol. The van der Waals surface area contributed by atoms with Crippen LogP contribution in [-0.4, -0.2) is 22.6 Å². The quantitative estimate of drug-likeness (QED) is 0.588. The van der Waals surface area contributed by atoms with E-state index in [1.807, 2.05) is 0 Å². The number of ketones is 1. The minimum atomic E-state index is -0.547. The second-order valence-electron chi connectivity index (χ2n) is 4.59. The van der Waals surface area contributed by atoms with Gasteiger partial charge in [0.2, 0.25) is 0 Å². The maximum absolute atomic E-state index is 11.9. The van der Waals surface area contributed by atoms with Gasteiger partial charge in [-0.05, 0) is 32.9 Å². The Labute approximate surface area is 120 Å². The molecule has 2 amide bonds. The van der Waals surface area contributed by atoms with Gasteiger partial charge in [-0.15, -0.1) is 0 Å². The van der Waals surface area contributed by atoms with Gasteiger partial charge >= 0.3 is 0 Å². The van der Waals surface area contributed by atoms with Crippen LogP contribution >= 0.6 is 0 Å². The molecule has 0 saturated heterocycles. The average Bonchev–Trinajstić information content (AvgIpc) is 3.02. The van der Waals surface area contributed by atoms with Crippen molar-refractivity contribution in [2.24, 2.45) is 0 Å². The molecule has 2 aromatic rings. The van der Waals surface area contributed by atoms with Crippen LogP contribution in [0.25, 0.3) is 0 Å². The normalized spacial score (nSPS) is 10.2. The highest BCUT2D eigenvalue weighted by Gasteiger charge is 2.15. The Morgan fingerprint density at radius 3 is 2.29 bits per heavy atom. The van der Waals surface area contributed by atoms with Crippen molar-refractivity contribution in [1.82, 2.24) is 15.8 Å². The highest BCUT2D eigenvalue weighted by Crippen LogP contribution is 2.13. The zero-order valence-corrected chi connectivity index (χ0v) is 11.9. The van der Waals surface area contributed by atoms with Crippen molar-refractivity contribution in [3.05, 3.63) is 46.7 Å². The lowest BCUT2D eigenvalue weighted by Crippen LogP contribution is -2.41. The minimum absolute atomic E-state index is 0.154. The molecule has 0 spiro atoms. The van der Waals surface area contributed by atoms with Gasteiger partial charge in [0, 0.05) is 11.8 Å². The molecular formula is C14H15N3O4. The van der Waals surface area contributed by atoms with Crippen LogP contribution in [0.3, 0.4) is 0 Å². The number of H-pyrrole nitrogens is 1. The van der Waals surface area contributed by atoms with Crippen LogP contribution in [0.1, 0.15) is 49.6 Å². The van der Waals surface area contributed by atoms with Crippen LogP contribution in [0.4, 0.5) is 0 Å². The number of amides is 2. The number of Topliss-reactive ketones (excluding diaryl/α,β-unsaturated/α-hetero) is 1. The number of hydrogen-bond acceptors (Lipinski definition) is 4. The number of aromatic nitrogens is 1. The van der Waals surface area contributed by atoms with Crippen LogP contribution < -0.4 is 10.9 Å². The first kappa shape index (κ1) is 14.6. The zero-order valence-electron chi connectivity index (χ0n) is 11.9. The van der Waals surface area contributed by atoms with E-state index in [2.05, 4.69) is 15.8 Å². The van der Waals surface area contributed by atoms with Crippen molar-refractivity contribution in [2.45, 2.75) is 20.8 Å². The third-order valence-corrected chi connectivity index (χ3v) is 2.91. The van der Waals surface area contributed by atoms with Crippen LogP contribution in [0, 0.1) is 13.8 Å². The van der Waals surface area contributed by atoms with Crippen molar-refractivity contribution in [3.63, 3.8) is 0 Å². The molecule has 21 heavy (non-hydrogen) atoms. The van der Waals surface area contributed by atoms with Gasteiger partial charge in [-0.1, -0.05) is 0 Å². The first-order chi connectivity index (χ1) is 9.88. The van der Waals surface area contributed by atoms with Crippen molar-refractivity contribution >= 4 is 17.6 Å². The summed E-state index contributed by atoms with van der Waals surface area (Å²) in [6.07, 6.45) is 1.43. The van der Waals surface area contributed by atoms with Gasteiger partial charge in [0.05, 0.1) is 5.56 Å². The monoisotopic (exact) mass is 289 g/mol. The summed E-state index contributed by atoms with van der Waals surface area (Å²) < 4.78 is 5.24. The lowest BCUT2D eigenvalue weighted by molar-refractivity contribution is 0.0843. The summed E-state index contributed by atoms with van der Waals surface area (Å²) in [6.45, 7) is 4.79. The number of aryl methyl sites for hydroxylation is 2. The smallest absolute Gasteiger partial charge is 0.286 e. The van der Waals surface area contributed by atoms with Crippen LogP contribution in [0.15, 0.2) is 22.7 Å². The summed E-state index contributed by atoms with van der Waals surface area (Å²) in [5, 5.41) is 0. The number of carbonyl (C=O) groups is 3. The summed E-state index contributed by atoms with van der Waals surface area (Å²) in [5.74, 6) is -0.0963. The summed E-state index contributed by atoms with van der Waals surface area (Å²) in [7, 11) is 0. The number of nitrogens with one attached hydrogen (secondary N) is 3. The fourth-order valence-corrected chi connectivity index (χ4v) is 1.83. The Kier molecular flexibility index (Phi) is 3.93. The molecule has 2 heterocycles. The fraction of sp³-hybridized carbons (Fsp3) is 0.214. The van der Waals surface area contributed by atoms with Crippen molar-refractivity contribution < 1.29 is 18.8 Å². The van der Waals surface area contributed by atoms with Gasteiger partial charge in [-0.2, -0.15) is 0 Å². The Morgan fingerprint density at radius 2 is 1.76 bits per heavy atom. The molecule has 110 valence electrons. The Morgan fingerprint density at radius 1 is 1.10 bits per heavy atom. The standard InChI is InChI=1S/C14H15N3O4/c1-7-4-11(9(3)21-7)13(19)16-17-14(20)12-5-10(6-15-12)8(2)18/h4-6,15H,1-3H3,(H,16,19)(H,17,20). The Balaban J connectivity index is 1.99. The number of carbonyl (C=O) groups excluding carboxylic acids is 3. The molecule has 7 nitrogen and oxygen atoms in total. The molecule has 0 saturated carbocycles. The van der Waals surface area contributed by atoms with Gasteiger partial charge in [-0.3, -0.25) is 25.2 Å². The summed E-state index contributed by atoms with van der Waals surface area (Å²) in [4.78, 5) is 37.5. The molecule has 0 unspecified atom stereocenters. The van der Waals surface area contributed by atoms with E-state index in [0.29, 0.717) is 22.6 Å². The molecule has 3 N–H and O–H groups in total. The maximum atomic E-state index is 11.9. The summed E-state index contributed by atoms with van der Waals surface area (Å²) in [6, 6.07) is 3.00. The third kappa shape index (κ3) is 3.19. The molecule has 7 heteroatoms. The summed E-state index contributed by atoms with van der Waals surface area (Å²) in [5.41, 5.74) is 5.48. The maximum Gasteiger partial charge on any atom is 0.286 e. The van der Waals surface area contributed by atoms with E-state index in [9.17, 15) is 14.4 Å². The van der Waals surface area contributed by atoms with Gasteiger partial charge < -0.3 is 9.40 Å². The predicted octanol–water partition coefficient (Wildman–Crippen LogP) is 1.50. The molecule has 0 fully saturated rings. The van der Waals surface area contributed by atoms with Gasteiger partial charge in [0.15, 0.2) is 5.78 Å². The van der Waals surface area contributed by atoms with Crippen molar-refractivity contribution in [3.8, 4) is 0 Å². The van der Waals surface area contributed by atoms with Crippen molar-refractivity contribution in [1.29, 1.82) is 0 Å². The topological polar surface area (TPSA) is 104 Å². The lowest BCUT2D eigenvalue weighted by Gasteiger charge is -2.05. The number of hydrazine groups is 1. The number of aromatic amines is 1. The lowest BCUT2D eigenvalue weighted by atomic mass is 10.2. The van der Waals surface area contributed by atoms with Crippen LogP contribution in [-0.2, 0) is 0 Å². The predicted molar refractivity (Wildman–Crippen MR) is 73.9 cm³/mol. The first-order valence-corrected chi connectivity index (χ1v) is 6.25. The van der Waals surface area contributed by atoms with Gasteiger partial charge in [-0.25, -0.2) is 0 Å². The molecule has 0 aliphatic rings. The first-order valence-electron chi connectivity index (χ1n) is 6.25. The number of rotatable bonds is 3. The Bertz CT molecular complexity index is 712. The number of hydrogen-bond donors (Lipinski definition) is 3. The van der Waals surface area contributed by atoms with E-state index >= 15 is 0 Å². The molecule has 0 aliphatic heterocycles. The highest BCUT2D eigenvalue weighted by molar-refractivity contribution is 6.01. The second-order valence-corrected chi connectivity index (χ2v) is 4.59. The third-order valence-electron chi connectivity index (χ3n) is 2.91. The van der Waals surface area contributed by atoms with E-state index in [0.717, 1.165) is 0 Å².